The third-order valence-electron chi connectivity index (χ3n) is 3.69. The quantitative estimate of drug-likeness (QED) is 0.500. The normalized spacial score (nSPS) is 11.0. The van der Waals surface area contributed by atoms with Crippen LogP contribution in [-0.4, -0.2) is 5.78 Å². The van der Waals surface area contributed by atoms with Crippen LogP contribution in [0.4, 0.5) is 5.69 Å². The Labute approximate surface area is 140 Å². The van der Waals surface area contributed by atoms with Gasteiger partial charge in [0.2, 0.25) is 0 Å². The zero-order valence-corrected chi connectivity index (χ0v) is 13.5. The van der Waals surface area contributed by atoms with Gasteiger partial charge in [0.1, 0.15) is 0 Å². The van der Waals surface area contributed by atoms with Gasteiger partial charge in [0.15, 0.2) is 5.78 Å². The number of benzene rings is 3. The van der Waals surface area contributed by atoms with E-state index in [9.17, 15) is 4.79 Å². The number of hydrogen-bond donors (Lipinski definition) is 1. The standard InChI is InChI=1S/C20H16ClNO/c1-14-6-9-18(13-19(14)21)22-11-10-20(23)17-8-7-15-4-2-3-5-16(15)12-17/h2-13,22H,1H3/b11-10-. The van der Waals surface area contributed by atoms with Gasteiger partial charge in [-0.25, -0.2) is 0 Å². The minimum atomic E-state index is -0.0403. The second-order valence-corrected chi connectivity index (χ2v) is 5.78. The van der Waals surface area contributed by atoms with E-state index in [4.69, 9.17) is 11.6 Å². The van der Waals surface area contributed by atoms with E-state index in [-0.39, 0.29) is 5.78 Å². The number of carbonyl (C=O) groups excluding carboxylic acids is 1. The second kappa shape index (κ2) is 6.67. The molecule has 2 nitrogen and oxygen atoms in total. The van der Waals surface area contributed by atoms with Crippen LogP contribution in [0.25, 0.3) is 10.8 Å². The van der Waals surface area contributed by atoms with E-state index < -0.39 is 0 Å². The Morgan fingerprint density at radius 1 is 1.00 bits per heavy atom. The highest BCUT2D eigenvalue weighted by atomic mass is 35.5. The van der Waals surface area contributed by atoms with E-state index in [2.05, 4.69) is 5.32 Å². The molecule has 0 heterocycles. The van der Waals surface area contributed by atoms with Crippen LogP contribution in [0, 0.1) is 6.92 Å². The van der Waals surface area contributed by atoms with Gasteiger partial charge in [-0.2, -0.15) is 0 Å². The monoisotopic (exact) mass is 321 g/mol. The minimum absolute atomic E-state index is 0.0403. The molecule has 23 heavy (non-hydrogen) atoms. The van der Waals surface area contributed by atoms with Crippen molar-refractivity contribution in [2.45, 2.75) is 6.92 Å². The van der Waals surface area contributed by atoms with Gasteiger partial charge in [-0.15, -0.1) is 0 Å². The third-order valence-corrected chi connectivity index (χ3v) is 4.10. The first kappa shape index (κ1) is 15.3. The fourth-order valence-electron chi connectivity index (χ4n) is 2.34. The summed E-state index contributed by atoms with van der Waals surface area (Å²) in [5, 5.41) is 5.95. The highest BCUT2D eigenvalue weighted by Gasteiger charge is 2.03. The number of rotatable bonds is 4. The van der Waals surface area contributed by atoms with Crippen LogP contribution in [0.15, 0.2) is 72.9 Å². The Bertz CT molecular complexity index is 899. The largest absolute Gasteiger partial charge is 0.362 e. The lowest BCUT2D eigenvalue weighted by Crippen LogP contribution is -1.96. The van der Waals surface area contributed by atoms with Gasteiger partial charge < -0.3 is 5.32 Å². The summed E-state index contributed by atoms with van der Waals surface area (Å²) in [5.74, 6) is -0.0403. The molecule has 0 unspecified atom stereocenters. The van der Waals surface area contributed by atoms with Crippen LogP contribution < -0.4 is 5.32 Å². The zero-order valence-electron chi connectivity index (χ0n) is 12.7. The number of carbonyl (C=O) groups is 1. The third kappa shape index (κ3) is 3.61. The molecular weight excluding hydrogens is 306 g/mol. The van der Waals surface area contributed by atoms with E-state index in [0.29, 0.717) is 10.6 Å². The molecule has 0 aliphatic rings. The van der Waals surface area contributed by atoms with Gasteiger partial charge in [-0.1, -0.05) is 54.1 Å². The highest BCUT2D eigenvalue weighted by Crippen LogP contribution is 2.20. The lowest BCUT2D eigenvalue weighted by atomic mass is 10.0. The fraction of sp³-hybridized carbons (Fsp3) is 0.0500. The maximum Gasteiger partial charge on any atom is 0.187 e. The number of nitrogens with one attached hydrogen (secondary N) is 1. The number of allylic oxidation sites excluding steroid dienone is 1. The number of aryl methyl sites for hydroxylation is 1. The molecule has 1 N–H and O–H groups in total. The molecule has 0 amide bonds. The summed E-state index contributed by atoms with van der Waals surface area (Å²) in [6.07, 6.45) is 3.16. The lowest BCUT2D eigenvalue weighted by Gasteiger charge is -2.03. The van der Waals surface area contributed by atoms with Gasteiger partial charge in [0.05, 0.1) is 0 Å². The Hall–Kier alpha value is -2.58. The molecule has 3 aromatic rings. The van der Waals surface area contributed by atoms with Gasteiger partial charge in [0.25, 0.3) is 0 Å². The molecule has 0 saturated heterocycles. The summed E-state index contributed by atoms with van der Waals surface area (Å²) in [4.78, 5) is 12.2. The van der Waals surface area contributed by atoms with Crippen LogP contribution in [0.1, 0.15) is 15.9 Å². The maximum absolute atomic E-state index is 12.2. The predicted molar refractivity (Wildman–Crippen MR) is 97.2 cm³/mol. The minimum Gasteiger partial charge on any atom is -0.362 e. The average molecular weight is 322 g/mol. The van der Waals surface area contributed by atoms with Crippen molar-refractivity contribution in [2.75, 3.05) is 5.32 Å². The van der Waals surface area contributed by atoms with Crippen LogP contribution in [-0.2, 0) is 0 Å². The molecule has 3 heteroatoms. The average Bonchev–Trinajstić information content (AvgIpc) is 2.57. The molecule has 0 atom stereocenters. The summed E-state index contributed by atoms with van der Waals surface area (Å²) >= 11 is 6.08. The van der Waals surface area contributed by atoms with Crippen molar-refractivity contribution in [3.63, 3.8) is 0 Å². The molecule has 0 radical (unpaired) electrons. The molecular formula is C20H16ClNO. The smallest absolute Gasteiger partial charge is 0.187 e. The summed E-state index contributed by atoms with van der Waals surface area (Å²) in [6.45, 7) is 1.95. The second-order valence-electron chi connectivity index (χ2n) is 5.37. The van der Waals surface area contributed by atoms with Gasteiger partial charge >= 0.3 is 0 Å². The first-order chi connectivity index (χ1) is 11.1. The highest BCUT2D eigenvalue weighted by molar-refractivity contribution is 6.31. The Morgan fingerprint density at radius 2 is 1.78 bits per heavy atom. The predicted octanol–water partition coefficient (Wildman–Crippen LogP) is 5.61. The van der Waals surface area contributed by atoms with Crippen LogP contribution in [0.2, 0.25) is 5.02 Å². The summed E-state index contributed by atoms with van der Waals surface area (Å²) in [7, 11) is 0. The Balaban J connectivity index is 1.73. The van der Waals surface area contributed by atoms with Crippen molar-refractivity contribution in [1.82, 2.24) is 0 Å². The first-order valence-corrected chi connectivity index (χ1v) is 7.74. The molecule has 0 fully saturated rings. The van der Waals surface area contributed by atoms with Crippen LogP contribution >= 0.6 is 11.6 Å². The van der Waals surface area contributed by atoms with Crippen molar-refractivity contribution >= 4 is 33.8 Å². The number of hydrogen-bond acceptors (Lipinski definition) is 2. The zero-order chi connectivity index (χ0) is 16.2. The van der Waals surface area contributed by atoms with Gasteiger partial charge in [-0.05, 0) is 41.5 Å². The number of anilines is 1. The molecule has 114 valence electrons. The molecule has 3 rings (SSSR count). The van der Waals surface area contributed by atoms with E-state index in [0.717, 1.165) is 22.0 Å². The van der Waals surface area contributed by atoms with Crippen LogP contribution in [0.5, 0.6) is 0 Å². The Morgan fingerprint density at radius 3 is 2.57 bits per heavy atom. The van der Waals surface area contributed by atoms with Crippen molar-refractivity contribution < 1.29 is 4.79 Å². The molecule has 0 bridgehead atoms. The van der Waals surface area contributed by atoms with E-state index in [1.807, 2.05) is 67.6 Å². The molecule has 3 aromatic carbocycles. The summed E-state index contributed by atoms with van der Waals surface area (Å²) in [5.41, 5.74) is 2.54. The van der Waals surface area contributed by atoms with E-state index >= 15 is 0 Å². The SMILES string of the molecule is Cc1ccc(N/C=C\C(=O)c2ccc3ccccc3c2)cc1Cl. The maximum atomic E-state index is 12.2. The van der Waals surface area contributed by atoms with Crippen molar-refractivity contribution in [2.24, 2.45) is 0 Å². The number of halogens is 1. The fourth-order valence-corrected chi connectivity index (χ4v) is 2.52. The van der Waals surface area contributed by atoms with E-state index in [1.165, 1.54) is 6.08 Å². The molecule has 0 aliphatic carbocycles. The molecule has 0 spiro atoms. The van der Waals surface area contributed by atoms with Crippen molar-refractivity contribution in [1.29, 1.82) is 0 Å². The summed E-state index contributed by atoms with van der Waals surface area (Å²) < 4.78 is 0. The molecule has 0 aliphatic heterocycles. The molecule has 0 saturated carbocycles. The van der Waals surface area contributed by atoms with Crippen molar-refractivity contribution in [3.05, 3.63) is 89.1 Å². The van der Waals surface area contributed by atoms with E-state index in [1.54, 1.807) is 6.20 Å². The summed E-state index contributed by atoms with van der Waals surface area (Å²) in [6, 6.07) is 19.4. The lowest BCUT2D eigenvalue weighted by molar-refractivity contribution is 0.104. The number of fused-ring (bicyclic) bond motifs is 1. The van der Waals surface area contributed by atoms with Crippen LogP contribution in [0.3, 0.4) is 0 Å². The number of ketones is 1. The van der Waals surface area contributed by atoms with Gasteiger partial charge in [-0.3, -0.25) is 4.79 Å². The topological polar surface area (TPSA) is 29.1 Å². The van der Waals surface area contributed by atoms with Crippen molar-refractivity contribution in [3.8, 4) is 0 Å². The molecule has 0 aromatic heterocycles. The van der Waals surface area contributed by atoms with Gasteiger partial charge in [0, 0.05) is 28.5 Å². The first-order valence-electron chi connectivity index (χ1n) is 7.36. The Kier molecular flexibility index (Phi) is 4.45.